The second-order valence-corrected chi connectivity index (χ2v) is 8.26. The highest BCUT2D eigenvalue weighted by Crippen LogP contribution is 2.29. The highest BCUT2D eigenvalue weighted by molar-refractivity contribution is 7.99. The van der Waals surface area contributed by atoms with Gasteiger partial charge < -0.3 is 4.74 Å². The first-order valence-electron chi connectivity index (χ1n) is 9.76. The maximum absolute atomic E-state index is 11.7. The number of nitrogens with zero attached hydrogens (tertiary/aromatic N) is 6. The van der Waals surface area contributed by atoms with Crippen LogP contribution in [0.15, 0.2) is 52.6 Å². The Morgan fingerprint density at radius 2 is 2.00 bits per heavy atom. The minimum Gasteiger partial charge on any atom is -0.379 e. The lowest BCUT2D eigenvalue weighted by Crippen LogP contribution is -2.35. The Morgan fingerprint density at radius 1 is 1.13 bits per heavy atom. The van der Waals surface area contributed by atoms with E-state index < -0.39 is 0 Å². The molecule has 0 unspecified atom stereocenters. The molecule has 1 fully saturated rings. The van der Waals surface area contributed by atoms with Crippen LogP contribution in [0.3, 0.4) is 0 Å². The zero-order valence-corrected chi connectivity index (χ0v) is 17.3. The number of carbonyl (C=O) groups is 1. The highest BCUT2D eigenvalue weighted by atomic mass is 32.2. The summed E-state index contributed by atoms with van der Waals surface area (Å²) in [5.74, 6) is -0.0915. The molecule has 8 nitrogen and oxygen atoms in total. The SMILES string of the molecule is CC(=O)c1ccc2nnc(Sc3ccc4ncc(CN5CCOCC5)cc4c3)n2n1. The van der Waals surface area contributed by atoms with E-state index in [1.54, 1.807) is 16.6 Å². The lowest BCUT2D eigenvalue weighted by Gasteiger charge is -2.26. The summed E-state index contributed by atoms with van der Waals surface area (Å²) in [5, 5.41) is 14.4. The molecule has 0 N–H and O–H groups in total. The number of ketones is 1. The molecule has 5 rings (SSSR count). The van der Waals surface area contributed by atoms with Crippen LogP contribution in [0.4, 0.5) is 0 Å². The maximum Gasteiger partial charge on any atom is 0.217 e. The van der Waals surface area contributed by atoms with E-state index >= 15 is 0 Å². The topological polar surface area (TPSA) is 85.5 Å². The zero-order chi connectivity index (χ0) is 20.5. The minimum absolute atomic E-state index is 0.0915. The Labute approximate surface area is 177 Å². The van der Waals surface area contributed by atoms with E-state index in [-0.39, 0.29) is 5.78 Å². The van der Waals surface area contributed by atoms with Crippen molar-refractivity contribution in [3.8, 4) is 0 Å². The van der Waals surface area contributed by atoms with Gasteiger partial charge in [-0.05, 0) is 53.7 Å². The normalized spacial score (nSPS) is 15.1. The number of hydrogen-bond acceptors (Lipinski definition) is 8. The second-order valence-electron chi connectivity index (χ2n) is 7.22. The number of hydrogen-bond donors (Lipinski definition) is 0. The van der Waals surface area contributed by atoms with E-state index in [2.05, 4.69) is 37.3 Å². The van der Waals surface area contributed by atoms with Gasteiger partial charge >= 0.3 is 0 Å². The van der Waals surface area contributed by atoms with E-state index in [1.165, 1.54) is 24.2 Å². The van der Waals surface area contributed by atoms with Crippen molar-refractivity contribution >= 4 is 34.1 Å². The fourth-order valence-corrected chi connectivity index (χ4v) is 4.28. The van der Waals surface area contributed by atoms with Crippen molar-refractivity contribution < 1.29 is 9.53 Å². The third-order valence-electron chi connectivity index (χ3n) is 5.02. The van der Waals surface area contributed by atoms with Gasteiger partial charge in [0.25, 0.3) is 0 Å². The standard InChI is InChI=1S/C21H20N6O2S/c1-14(28)18-4-5-20-23-24-21(27(20)25-18)30-17-2-3-19-16(11-17)10-15(12-22-19)13-26-6-8-29-9-7-26/h2-5,10-12H,6-9,13H2,1H3. The molecule has 0 saturated carbocycles. The molecule has 1 saturated heterocycles. The average molecular weight is 420 g/mol. The molecule has 30 heavy (non-hydrogen) atoms. The van der Waals surface area contributed by atoms with E-state index in [0.717, 1.165) is 48.6 Å². The van der Waals surface area contributed by atoms with E-state index in [0.29, 0.717) is 16.5 Å². The maximum atomic E-state index is 11.7. The van der Waals surface area contributed by atoms with Gasteiger partial charge in [-0.15, -0.1) is 10.2 Å². The number of rotatable bonds is 5. The molecule has 9 heteroatoms. The largest absolute Gasteiger partial charge is 0.379 e. The number of fused-ring (bicyclic) bond motifs is 2. The molecule has 0 atom stereocenters. The van der Waals surface area contributed by atoms with Crippen molar-refractivity contribution in [1.29, 1.82) is 0 Å². The van der Waals surface area contributed by atoms with Gasteiger partial charge in [0.1, 0.15) is 5.69 Å². The Balaban J connectivity index is 1.42. The number of benzene rings is 1. The summed E-state index contributed by atoms with van der Waals surface area (Å²) in [5.41, 5.74) is 3.14. The molecule has 4 aromatic rings. The Hall–Kier alpha value is -2.88. The molecule has 1 aliphatic rings. The van der Waals surface area contributed by atoms with Crippen molar-refractivity contribution in [2.45, 2.75) is 23.5 Å². The summed E-state index contributed by atoms with van der Waals surface area (Å²) in [7, 11) is 0. The smallest absolute Gasteiger partial charge is 0.217 e. The van der Waals surface area contributed by atoms with Gasteiger partial charge in [-0.1, -0.05) is 0 Å². The van der Waals surface area contributed by atoms with E-state index in [4.69, 9.17) is 4.74 Å². The minimum atomic E-state index is -0.0915. The summed E-state index contributed by atoms with van der Waals surface area (Å²) in [6.45, 7) is 5.83. The molecule has 1 aromatic carbocycles. The van der Waals surface area contributed by atoms with Crippen LogP contribution >= 0.6 is 11.8 Å². The fraction of sp³-hybridized carbons (Fsp3) is 0.286. The predicted octanol–water partition coefficient (Wildman–Crippen LogP) is 2.86. The second kappa shape index (κ2) is 8.10. The van der Waals surface area contributed by atoms with Crippen molar-refractivity contribution in [1.82, 2.24) is 29.7 Å². The first-order valence-corrected chi connectivity index (χ1v) is 10.6. The van der Waals surface area contributed by atoms with E-state index in [9.17, 15) is 4.79 Å². The highest BCUT2D eigenvalue weighted by Gasteiger charge is 2.13. The number of Topliss-reactive ketones (excluding diaryl/α,β-unsaturated/α-hetero) is 1. The van der Waals surface area contributed by atoms with Gasteiger partial charge in [-0.25, -0.2) is 0 Å². The lowest BCUT2D eigenvalue weighted by atomic mass is 10.1. The van der Waals surface area contributed by atoms with Crippen LogP contribution < -0.4 is 0 Å². The van der Waals surface area contributed by atoms with Crippen LogP contribution in [0.2, 0.25) is 0 Å². The third kappa shape index (κ3) is 3.91. The number of aromatic nitrogens is 5. The van der Waals surface area contributed by atoms with Crippen molar-refractivity contribution in [3.05, 3.63) is 53.9 Å². The summed E-state index contributed by atoms with van der Waals surface area (Å²) < 4.78 is 7.04. The molecule has 0 aliphatic carbocycles. The van der Waals surface area contributed by atoms with Crippen molar-refractivity contribution in [2.24, 2.45) is 0 Å². The van der Waals surface area contributed by atoms with Crippen LogP contribution in [-0.4, -0.2) is 61.8 Å². The quantitative estimate of drug-likeness (QED) is 0.456. The Bertz CT molecular complexity index is 1230. The molecular formula is C21H20N6O2S. The summed E-state index contributed by atoms with van der Waals surface area (Å²) in [4.78, 5) is 19.7. The molecule has 3 aromatic heterocycles. The number of ether oxygens (including phenoxy) is 1. The molecular weight excluding hydrogens is 400 g/mol. The summed E-state index contributed by atoms with van der Waals surface area (Å²) in [6.07, 6.45) is 1.95. The molecule has 152 valence electrons. The Kier molecular flexibility index (Phi) is 5.16. The number of pyridine rings is 1. The van der Waals surface area contributed by atoms with Crippen LogP contribution in [0.5, 0.6) is 0 Å². The summed E-state index contributed by atoms with van der Waals surface area (Å²) >= 11 is 1.46. The van der Waals surface area contributed by atoms with Crippen LogP contribution in [-0.2, 0) is 11.3 Å². The lowest BCUT2D eigenvalue weighted by molar-refractivity contribution is 0.0341. The first kappa shape index (κ1) is 19.1. The van der Waals surface area contributed by atoms with Gasteiger partial charge in [-0.3, -0.25) is 14.7 Å². The molecule has 0 bridgehead atoms. The van der Waals surface area contributed by atoms with E-state index in [1.807, 2.05) is 18.3 Å². The summed E-state index contributed by atoms with van der Waals surface area (Å²) in [6, 6.07) is 11.7. The number of morpholine rings is 1. The van der Waals surface area contributed by atoms with Gasteiger partial charge in [0.05, 0.1) is 18.7 Å². The number of carbonyl (C=O) groups excluding carboxylic acids is 1. The van der Waals surface area contributed by atoms with Crippen LogP contribution in [0.25, 0.3) is 16.6 Å². The van der Waals surface area contributed by atoms with Crippen molar-refractivity contribution in [3.63, 3.8) is 0 Å². The molecule has 0 spiro atoms. The van der Waals surface area contributed by atoms with Gasteiger partial charge in [0.15, 0.2) is 11.4 Å². The first-order chi connectivity index (χ1) is 14.7. The van der Waals surface area contributed by atoms with Gasteiger partial charge in [0.2, 0.25) is 5.16 Å². The molecule has 0 radical (unpaired) electrons. The average Bonchev–Trinajstić information content (AvgIpc) is 3.16. The molecule has 0 amide bonds. The zero-order valence-electron chi connectivity index (χ0n) is 16.5. The van der Waals surface area contributed by atoms with Crippen LogP contribution in [0.1, 0.15) is 23.0 Å². The Morgan fingerprint density at radius 3 is 2.83 bits per heavy atom. The van der Waals surface area contributed by atoms with Crippen molar-refractivity contribution in [2.75, 3.05) is 26.3 Å². The van der Waals surface area contributed by atoms with Gasteiger partial charge in [-0.2, -0.15) is 9.61 Å². The predicted molar refractivity (Wildman–Crippen MR) is 113 cm³/mol. The molecule has 1 aliphatic heterocycles. The van der Waals surface area contributed by atoms with Gasteiger partial charge in [0, 0.05) is 43.0 Å². The molecule has 4 heterocycles. The van der Waals surface area contributed by atoms with Crippen LogP contribution in [0, 0.1) is 0 Å². The monoisotopic (exact) mass is 420 g/mol. The fourth-order valence-electron chi connectivity index (χ4n) is 3.45. The third-order valence-corrected chi connectivity index (χ3v) is 5.95.